The molecule has 0 bridgehead atoms. The Morgan fingerprint density at radius 2 is 1.44 bits per heavy atom. The molecule has 4 aliphatic rings. The van der Waals surface area contributed by atoms with Crippen LogP contribution in [0.5, 0.6) is 0 Å². The summed E-state index contributed by atoms with van der Waals surface area (Å²) in [7, 11) is 2.19. The van der Waals surface area contributed by atoms with Crippen LogP contribution in [0.3, 0.4) is 0 Å². The number of rotatable bonds is 6. The van der Waals surface area contributed by atoms with Crippen LogP contribution < -0.4 is 0 Å². The molecule has 1 fully saturated rings. The Hall–Kier alpha value is -3.94. The molecule has 1 saturated carbocycles. The van der Waals surface area contributed by atoms with E-state index >= 15 is 4.39 Å². The highest BCUT2D eigenvalue weighted by molar-refractivity contribution is 6.31. The van der Waals surface area contributed by atoms with Gasteiger partial charge in [-0.3, -0.25) is 4.90 Å². The van der Waals surface area contributed by atoms with Gasteiger partial charge in [0.25, 0.3) is 0 Å². The van der Waals surface area contributed by atoms with E-state index in [4.69, 9.17) is 23.2 Å². The Balaban J connectivity index is 0.955. The van der Waals surface area contributed by atoms with E-state index in [9.17, 15) is 4.39 Å². The summed E-state index contributed by atoms with van der Waals surface area (Å²) in [6, 6.07) is 25.6. The normalized spacial score (nSPS) is 20.6. The smallest absolute Gasteiger partial charge is 0.127 e. The van der Waals surface area contributed by atoms with Crippen LogP contribution in [0.4, 0.5) is 8.78 Å². The Bertz CT molecular complexity index is 2440. The van der Waals surface area contributed by atoms with Gasteiger partial charge in [0.05, 0.1) is 5.52 Å². The number of nitrogens with zero attached hydrogens (tertiary/aromatic N) is 4. The molecule has 2 atom stereocenters. The van der Waals surface area contributed by atoms with E-state index in [1.165, 1.54) is 50.3 Å². The van der Waals surface area contributed by atoms with Crippen molar-refractivity contribution in [2.24, 2.45) is 0 Å². The molecule has 0 amide bonds. The molecule has 8 heteroatoms. The van der Waals surface area contributed by atoms with Crippen molar-refractivity contribution < 1.29 is 8.78 Å². The number of likely N-dealkylation sites (N-methyl/N-ethyl adjacent to an activating group) is 1. The third-order valence-electron chi connectivity index (χ3n) is 12.4. The first-order valence-electron chi connectivity index (χ1n) is 18.6. The molecular formula is C44H40Cl2F2N4. The van der Waals surface area contributed by atoms with Gasteiger partial charge in [0.15, 0.2) is 0 Å². The first kappa shape index (κ1) is 32.7. The van der Waals surface area contributed by atoms with Gasteiger partial charge in [0.1, 0.15) is 11.6 Å². The summed E-state index contributed by atoms with van der Waals surface area (Å²) in [5, 5.41) is 3.92. The number of fused-ring (bicyclic) bond motifs is 6. The van der Waals surface area contributed by atoms with E-state index in [0.717, 1.165) is 91.8 Å². The Kier molecular flexibility index (Phi) is 7.91. The van der Waals surface area contributed by atoms with Crippen LogP contribution in [-0.2, 0) is 32.5 Å². The van der Waals surface area contributed by atoms with E-state index in [2.05, 4.69) is 56.3 Å². The summed E-state index contributed by atoms with van der Waals surface area (Å²) in [6.45, 7) is 4.11. The van der Waals surface area contributed by atoms with Crippen LogP contribution in [0.25, 0.3) is 33.1 Å². The number of hydrogen-bond acceptors (Lipinski definition) is 2. The first-order chi connectivity index (χ1) is 25.3. The van der Waals surface area contributed by atoms with Crippen molar-refractivity contribution in [3.05, 3.63) is 140 Å². The molecule has 4 nitrogen and oxygen atoms in total. The monoisotopic (exact) mass is 732 g/mol. The highest BCUT2D eigenvalue weighted by Crippen LogP contribution is 2.50. The van der Waals surface area contributed by atoms with Crippen LogP contribution >= 0.6 is 23.2 Å². The topological polar surface area (TPSA) is 16.3 Å². The fourth-order valence-electron chi connectivity index (χ4n) is 9.65. The molecule has 6 aromatic rings. The predicted octanol–water partition coefficient (Wildman–Crippen LogP) is 11.0. The molecule has 0 spiro atoms. The van der Waals surface area contributed by atoms with E-state index in [-0.39, 0.29) is 11.6 Å². The van der Waals surface area contributed by atoms with Crippen molar-refractivity contribution in [1.82, 2.24) is 18.9 Å². The summed E-state index contributed by atoms with van der Waals surface area (Å²) in [6.07, 6.45) is 6.05. The zero-order valence-corrected chi connectivity index (χ0v) is 30.8. The van der Waals surface area contributed by atoms with Gasteiger partial charge in [-0.15, -0.1) is 0 Å². The van der Waals surface area contributed by atoms with E-state index in [1.807, 2.05) is 30.3 Å². The molecule has 4 aromatic carbocycles. The van der Waals surface area contributed by atoms with Gasteiger partial charge in [-0.1, -0.05) is 47.5 Å². The van der Waals surface area contributed by atoms with E-state index in [0.29, 0.717) is 23.5 Å². The summed E-state index contributed by atoms with van der Waals surface area (Å²) in [5.41, 5.74) is 13.5. The van der Waals surface area contributed by atoms with Crippen molar-refractivity contribution in [1.29, 1.82) is 0 Å². The van der Waals surface area contributed by atoms with Gasteiger partial charge in [0.2, 0.25) is 0 Å². The minimum absolute atomic E-state index is 0.138. The maximum Gasteiger partial charge on any atom is 0.127 e. The van der Waals surface area contributed by atoms with Crippen LogP contribution in [0.15, 0.2) is 78.9 Å². The lowest BCUT2D eigenvalue weighted by molar-refractivity contribution is 0.238. The van der Waals surface area contributed by atoms with E-state index in [1.54, 1.807) is 18.2 Å². The molecule has 10 rings (SSSR count). The lowest BCUT2D eigenvalue weighted by Crippen LogP contribution is -2.32. The molecule has 52 heavy (non-hydrogen) atoms. The zero-order valence-electron chi connectivity index (χ0n) is 29.2. The molecule has 264 valence electrons. The van der Waals surface area contributed by atoms with Gasteiger partial charge in [0, 0.05) is 107 Å². The molecule has 0 radical (unpaired) electrons. The van der Waals surface area contributed by atoms with E-state index < -0.39 is 0 Å². The second-order valence-corrected chi connectivity index (χ2v) is 16.2. The fourth-order valence-corrected chi connectivity index (χ4v) is 9.99. The molecule has 2 unspecified atom stereocenters. The first-order valence-corrected chi connectivity index (χ1v) is 19.4. The maximum atomic E-state index is 15.7. The van der Waals surface area contributed by atoms with Gasteiger partial charge < -0.3 is 14.0 Å². The Labute approximate surface area is 312 Å². The van der Waals surface area contributed by atoms with Crippen LogP contribution in [0.2, 0.25) is 10.0 Å². The van der Waals surface area contributed by atoms with Crippen LogP contribution in [0, 0.1) is 11.6 Å². The molecule has 0 saturated heterocycles. The van der Waals surface area contributed by atoms with Gasteiger partial charge >= 0.3 is 0 Å². The van der Waals surface area contributed by atoms with Gasteiger partial charge in [-0.05, 0) is 115 Å². The van der Waals surface area contributed by atoms with Crippen LogP contribution in [-0.4, -0.2) is 39.1 Å². The average molecular weight is 734 g/mol. The molecule has 2 aromatic heterocycles. The minimum atomic E-state index is -0.217. The van der Waals surface area contributed by atoms with Crippen molar-refractivity contribution in [3.8, 4) is 0 Å². The van der Waals surface area contributed by atoms with Crippen molar-refractivity contribution in [2.45, 2.75) is 70.1 Å². The molecule has 0 N–H and O–H groups in total. The summed E-state index contributed by atoms with van der Waals surface area (Å²) in [5.74, 6) is -0.0142. The maximum absolute atomic E-state index is 15.7. The van der Waals surface area contributed by atoms with Gasteiger partial charge in [-0.2, -0.15) is 0 Å². The summed E-state index contributed by atoms with van der Waals surface area (Å²) >= 11 is 13.1. The van der Waals surface area contributed by atoms with Gasteiger partial charge in [-0.25, -0.2) is 8.78 Å². The number of allylic oxidation sites excluding steroid dienone is 2. The largest absolute Gasteiger partial charge is 0.341 e. The number of aromatic nitrogens is 2. The third-order valence-corrected chi connectivity index (χ3v) is 12.9. The van der Waals surface area contributed by atoms with Crippen molar-refractivity contribution in [3.63, 3.8) is 0 Å². The zero-order chi connectivity index (χ0) is 35.2. The second-order valence-electron chi connectivity index (χ2n) is 15.4. The van der Waals surface area contributed by atoms with Crippen molar-refractivity contribution >= 4 is 56.3 Å². The lowest BCUT2D eigenvalue weighted by Gasteiger charge is -2.41. The summed E-state index contributed by atoms with van der Waals surface area (Å²) < 4.78 is 34.5. The third kappa shape index (κ3) is 5.28. The molecule has 2 aliphatic heterocycles. The Morgan fingerprint density at radius 3 is 2.17 bits per heavy atom. The molecule has 2 aliphatic carbocycles. The highest BCUT2D eigenvalue weighted by atomic mass is 35.5. The fraction of sp³-hybridized carbons (Fsp3) is 0.318. The highest BCUT2D eigenvalue weighted by Gasteiger charge is 2.38. The minimum Gasteiger partial charge on any atom is -0.341 e. The second kappa shape index (κ2) is 12.6. The SMILES string of the molecule is CN1CCc2c(c3cc(Cl)ccc3n2C2CCC2c2ccc(F)c(CN3CCc4c(c5cc(Cl)ccc5n4C4=C(c5ccc(F)cc5)CC4)C3)c2)C1. The number of halogens is 4. The van der Waals surface area contributed by atoms with Crippen molar-refractivity contribution in [2.75, 3.05) is 20.1 Å². The quantitative estimate of drug-likeness (QED) is 0.169. The number of hydrogen-bond donors (Lipinski definition) is 0. The number of benzene rings is 4. The molecular weight excluding hydrogens is 693 g/mol. The average Bonchev–Trinajstić information content (AvgIpc) is 3.57. The lowest BCUT2D eigenvalue weighted by atomic mass is 9.74. The standard InChI is InChI=1S/C44H40Cl2F2N4/c1-49-18-16-43-36(24-49)34-21-29(45)5-12-41(34)52(43)40-15-10-33(40)27-4-11-38(48)28(20-27)23-50-19-17-44-37(25-50)35-22-30(46)6-13-42(35)51(44)39-14-9-32(39)26-2-7-31(47)8-3-26/h2-8,11-13,20-22,33,40H,9-10,14-19,23-25H2,1H3. The molecule has 4 heterocycles. The predicted molar refractivity (Wildman–Crippen MR) is 208 cm³/mol. The summed E-state index contributed by atoms with van der Waals surface area (Å²) in [4.78, 5) is 4.78. The Morgan fingerprint density at radius 1 is 0.712 bits per heavy atom. The van der Waals surface area contributed by atoms with Crippen LogP contribution in [0.1, 0.15) is 76.8 Å².